The van der Waals surface area contributed by atoms with Crippen molar-refractivity contribution in [2.75, 3.05) is 42.6 Å². The third kappa shape index (κ3) is 6.41. The summed E-state index contributed by atoms with van der Waals surface area (Å²) in [6.07, 6.45) is 2.27. The Morgan fingerprint density at radius 1 is 1.06 bits per heavy atom. The molecule has 1 aliphatic rings. The van der Waals surface area contributed by atoms with Crippen molar-refractivity contribution in [3.8, 4) is 0 Å². The van der Waals surface area contributed by atoms with Gasteiger partial charge in [-0.15, -0.1) is 0 Å². The van der Waals surface area contributed by atoms with Crippen LogP contribution in [0.1, 0.15) is 38.8 Å². The van der Waals surface area contributed by atoms with Crippen LogP contribution >= 0.6 is 0 Å². The molecule has 1 atom stereocenters. The maximum absolute atomic E-state index is 12.9. The van der Waals surface area contributed by atoms with E-state index in [-0.39, 0.29) is 18.0 Å². The lowest BCUT2D eigenvalue weighted by Crippen LogP contribution is -2.49. The Kier molecular flexibility index (Phi) is 9.28. The van der Waals surface area contributed by atoms with Crippen LogP contribution in [0.4, 0.5) is 16.2 Å². The van der Waals surface area contributed by atoms with E-state index in [1.54, 1.807) is 0 Å². The number of rotatable bonds is 9. The second kappa shape index (κ2) is 12.4. The zero-order chi connectivity index (χ0) is 25.4. The molecule has 8 nitrogen and oxygen atoms in total. The zero-order valence-electron chi connectivity index (χ0n) is 21.0. The average Bonchev–Trinajstić information content (AvgIpc) is 2.89. The number of hydrogen-bond acceptors (Lipinski definition) is 6. The SMILES string of the molecule is C=CN(C(=O)N(N)C(C)C)c1ccc(N2CCN(C(C(=O)OCCC)c3ccccc3)CC2)cc1. The fraction of sp³-hybridized carbons (Fsp3) is 0.407. The van der Waals surface area contributed by atoms with Crippen LogP contribution in [0.5, 0.6) is 0 Å². The van der Waals surface area contributed by atoms with Crippen LogP contribution in [-0.2, 0) is 9.53 Å². The Morgan fingerprint density at radius 2 is 1.69 bits per heavy atom. The first kappa shape index (κ1) is 26.2. The molecular formula is C27H37N5O3. The smallest absolute Gasteiger partial charge is 0.342 e. The number of benzene rings is 2. The van der Waals surface area contributed by atoms with Gasteiger partial charge < -0.3 is 9.64 Å². The summed E-state index contributed by atoms with van der Waals surface area (Å²) in [7, 11) is 0. The van der Waals surface area contributed by atoms with Crippen molar-refractivity contribution in [1.29, 1.82) is 0 Å². The van der Waals surface area contributed by atoms with Gasteiger partial charge in [-0.3, -0.25) is 14.8 Å². The van der Waals surface area contributed by atoms with E-state index in [1.807, 2.05) is 75.4 Å². The van der Waals surface area contributed by atoms with E-state index in [9.17, 15) is 9.59 Å². The third-order valence-electron chi connectivity index (χ3n) is 6.13. The number of piperazine rings is 1. The van der Waals surface area contributed by atoms with E-state index < -0.39 is 6.04 Å². The van der Waals surface area contributed by atoms with Crippen LogP contribution in [0.25, 0.3) is 0 Å². The van der Waals surface area contributed by atoms with Crippen molar-refractivity contribution < 1.29 is 14.3 Å². The molecule has 0 saturated carbocycles. The Morgan fingerprint density at radius 3 is 2.23 bits per heavy atom. The van der Waals surface area contributed by atoms with E-state index in [0.717, 1.165) is 43.9 Å². The van der Waals surface area contributed by atoms with Gasteiger partial charge in [-0.2, -0.15) is 0 Å². The van der Waals surface area contributed by atoms with E-state index in [2.05, 4.69) is 16.4 Å². The topological polar surface area (TPSA) is 82.4 Å². The van der Waals surface area contributed by atoms with Gasteiger partial charge >= 0.3 is 12.0 Å². The molecule has 0 aliphatic carbocycles. The number of esters is 1. The minimum absolute atomic E-state index is 0.125. The molecule has 2 aromatic carbocycles. The van der Waals surface area contributed by atoms with Crippen LogP contribution in [0.2, 0.25) is 0 Å². The largest absolute Gasteiger partial charge is 0.464 e. The maximum Gasteiger partial charge on any atom is 0.342 e. The molecule has 2 aromatic rings. The molecule has 1 heterocycles. The number of ether oxygens (including phenoxy) is 1. The molecule has 3 rings (SSSR count). The maximum atomic E-state index is 12.9. The highest BCUT2D eigenvalue weighted by Gasteiger charge is 2.31. The van der Waals surface area contributed by atoms with Gasteiger partial charge in [0.15, 0.2) is 0 Å². The zero-order valence-corrected chi connectivity index (χ0v) is 21.0. The summed E-state index contributed by atoms with van der Waals surface area (Å²) >= 11 is 0. The number of urea groups is 1. The molecule has 188 valence electrons. The van der Waals surface area contributed by atoms with Gasteiger partial charge in [0.2, 0.25) is 0 Å². The highest BCUT2D eigenvalue weighted by Crippen LogP contribution is 2.27. The van der Waals surface area contributed by atoms with Crippen LogP contribution in [0.3, 0.4) is 0 Å². The van der Waals surface area contributed by atoms with Crippen molar-refractivity contribution in [2.45, 2.75) is 39.3 Å². The van der Waals surface area contributed by atoms with Crippen LogP contribution in [0.15, 0.2) is 67.4 Å². The van der Waals surface area contributed by atoms with Crippen molar-refractivity contribution in [3.63, 3.8) is 0 Å². The summed E-state index contributed by atoms with van der Waals surface area (Å²) in [5.41, 5.74) is 2.71. The lowest BCUT2D eigenvalue weighted by atomic mass is 10.0. The summed E-state index contributed by atoms with van der Waals surface area (Å²) in [6, 6.07) is 16.7. The number of carbonyl (C=O) groups excluding carboxylic acids is 2. The van der Waals surface area contributed by atoms with E-state index in [0.29, 0.717) is 12.3 Å². The number of carbonyl (C=O) groups is 2. The molecule has 1 aliphatic heterocycles. The summed E-state index contributed by atoms with van der Waals surface area (Å²) < 4.78 is 5.52. The predicted octanol–water partition coefficient (Wildman–Crippen LogP) is 4.16. The quantitative estimate of drug-likeness (QED) is 0.252. The second-order valence-corrected chi connectivity index (χ2v) is 8.86. The molecule has 1 fully saturated rings. The standard InChI is InChI=1S/C27H37N5O3/c1-5-20-35-26(33)25(22-10-8-7-9-11-22)30-18-16-29(17-19-30)23-12-14-24(15-13-23)31(6-2)27(34)32(28)21(3)4/h6-15,21,25H,2,5,16-20,28H2,1,3-4H3. The van der Waals surface area contributed by atoms with Crippen LogP contribution < -0.4 is 15.6 Å². The predicted molar refractivity (Wildman–Crippen MR) is 140 cm³/mol. The number of hydrazine groups is 1. The lowest BCUT2D eigenvalue weighted by molar-refractivity contribution is -0.150. The van der Waals surface area contributed by atoms with Crippen molar-refractivity contribution in [1.82, 2.24) is 9.91 Å². The summed E-state index contributed by atoms with van der Waals surface area (Å²) in [5.74, 6) is 5.70. The van der Waals surface area contributed by atoms with Crippen molar-refractivity contribution >= 4 is 23.4 Å². The first-order valence-electron chi connectivity index (χ1n) is 12.2. The highest BCUT2D eigenvalue weighted by molar-refractivity contribution is 5.93. The van der Waals surface area contributed by atoms with Gasteiger partial charge in [0.25, 0.3) is 0 Å². The number of anilines is 2. The minimum Gasteiger partial charge on any atom is -0.464 e. The van der Waals surface area contributed by atoms with E-state index >= 15 is 0 Å². The highest BCUT2D eigenvalue weighted by atomic mass is 16.5. The summed E-state index contributed by atoms with van der Waals surface area (Å²) in [4.78, 5) is 31.5. The molecule has 0 radical (unpaired) electrons. The molecule has 1 saturated heterocycles. The Balaban J connectivity index is 1.68. The molecule has 2 amide bonds. The monoisotopic (exact) mass is 479 g/mol. The van der Waals surface area contributed by atoms with E-state index in [1.165, 1.54) is 16.1 Å². The fourth-order valence-electron chi connectivity index (χ4n) is 4.11. The molecule has 0 bridgehead atoms. The Bertz CT molecular complexity index is 972. The summed E-state index contributed by atoms with van der Waals surface area (Å²) in [5, 5.41) is 1.18. The minimum atomic E-state index is -0.403. The van der Waals surface area contributed by atoms with Gasteiger partial charge in [0, 0.05) is 44.1 Å². The first-order valence-corrected chi connectivity index (χ1v) is 12.2. The molecule has 0 spiro atoms. The molecular weight excluding hydrogens is 442 g/mol. The number of nitrogens with two attached hydrogens (primary N) is 1. The second-order valence-electron chi connectivity index (χ2n) is 8.86. The molecule has 35 heavy (non-hydrogen) atoms. The number of hydrogen-bond donors (Lipinski definition) is 1. The lowest BCUT2D eigenvalue weighted by Gasteiger charge is -2.39. The molecule has 2 N–H and O–H groups in total. The molecule has 1 unspecified atom stereocenters. The van der Waals surface area contributed by atoms with Gasteiger partial charge in [-0.1, -0.05) is 43.8 Å². The molecule has 8 heteroatoms. The van der Waals surface area contributed by atoms with Crippen molar-refractivity contribution in [3.05, 3.63) is 72.9 Å². The van der Waals surface area contributed by atoms with E-state index in [4.69, 9.17) is 10.6 Å². The number of amides is 2. The van der Waals surface area contributed by atoms with Gasteiger partial charge in [-0.05, 0) is 50.1 Å². The van der Waals surface area contributed by atoms with Crippen molar-refractivity contribution in [2.24, 2.45) is 5.84 Å². The Hall–Kier alpha value is -3.36. The average molecular weight is 480 g/mol. The van der Waals surface area contributed by atoms with Gasteiger partial charge in [0.1, 0.15) is 6.04 Å². The normalized spacial score (nSPS) is 14.9. The van der Waals surface area contributed by atoms with Crippen LogP contribution in [-0.4, -0.2) is 60.7 Å². The molecule has 0 aromatic heterocycles. The fourth-order valence-corrected chi connectivity index (χ4v) is 4.11. The first-order chi connectivity index (χ1) is 16.9. The number of nitrogens with zero attached hydrogens (tertiary/aromatic N) is 4. The van der Waals surface area contributed by atoms with Gasteiger partial charge in [-0.25, -0.2) is 15.4 Å². The van der Waals surface area contributed by atoms with Crippen LogP contribution in [0, 0.1) is 0 Å². The summed E-state index contributed by atoms with van der Waals surface area (Å²) in [6.45, 7) is 12.9. The Labute approximate surface area is 208 Å². The third-order valence-corrected chi connectivity index (χ3v) is 6.13. The van der Waals surface area contributed by atoms with Gasteiger partial charge in [0.05, 0.1) is 12.3 Å².